The maximum Gasteiger partial charge on any atom is 0.242 e. The molecule has 0 bridgehead atoms. The zero-order valence-electron chi connectivity index (χ0n) is 16.4. The van der Waals surface area contributed by atoms with Gasteiger partial charge in [0, 0.05) is 32.1 Å². The Kier molecular flexibility index (Phi) is 9.07. The fraction of sp³-hybridized carbons (Fsp3) is 0.579. The van der Waals surface area contributed by atoms with E-state index in [-0.39, 0.29) is 47.5 Å². The van der Waals surface area contributed by atoms with Crippen molar-refractivity contribution < 1.29 is 18.0 Å². The first-order valence-electron chi connectivity index (χ1n) is 9.29. The SMILES string of the molecule is CC(=O)c1ccc(S(=O)(=O)N(C)CCCC(=O)NC2(CN)CCCC2)cc1.Cl. The summed E-state index contributed by atoms with van der Waals surface area (Å²) in [6.07, 6.45) is 4.62. The normalized spacial score (nSPS) is 15.9. The van der Waals surface area contributed by atoms with Crippen molar-refractivity contribution in [3.05, 3.63) is 29.8 Å². The average molecular weight is 432 g/mol. The Morgan fingerprint density at radius 3 is 2.25 bits per heavy atom. The first-order valence-corrected chi connectivity index (χ1v) is 10.7. The lowest BCUT2D eigenvalue weighted by Crippen LogP contribution is -2.51. The van der Waals surface area contributed by atoms with Crippen LogP contribution in [0.15, 0.2) is 29.2 Å². The van der Waals surface area contributed by atoms with Gasteiger partial charge in [0.15, 0.2) is 5.78 Å². The molecular formula is C19H30ClN3O4S. The quantitative estimate of drug-likeness (QED) is 0.582. The summed E-state index contributed by atoms with van der Waals surface area (Å²) in [5.74, 6) is -0.199. The number of hydrogen-bond acceptors (Lipinski definition) is 5. The third kappa shape index (κ3) is 6.01. The molecule has 1 fully saturated rings. The molecule has 0 heterocycles. The third-order valence-corrected chi connectivity index (χ3v) is 7.07. The third-order valence-electron chi connectivity index (χ3n) is 5.20. The van der Waals surface area contributed by atoms with Crippen LogP contribution in [0, 0.1) is 0 Å². The van der Waals surface area contributed by atoms with E-state index in [1.165, 1.54) is 42.5 Å². The van der Waals surface area contributed by atoms with Crippen molar-refractivity contribution in [3.8, 4) is 0 Å². The van der Waals surface area contributed by atoms with Gasteiger partial charge in [0.25, 0.3) is 0 Å². The van der Waals surface area contributed by atoms with E-state index in [9.17, 15) is 18.0 Å². The molecule has 0 spiro atoms. The van der Waals surface area contributed by atoms with Crippen LogP contribution in [-0.4, -0.2) is 50.1 Å². The highest BCUT2D eigenvalue weighted by molar-refractivity contribution is 7.89. The van der Waals surface area contributed by atoms with Crippen LogP contribution in [0.4, 0.5) is 0 Å². The summed E-state index contributed by atoms with van der Waals surface area (Å²) >= 11 is 0. The van der Waals surface area contributed by atoms with E-state index in [1.54, 1.807) is 0 Å². The molecule has 7 nitrogen and oxygen atoms in total. The molecule has 0 atom stereocenters. The molecule has 9 heteroatoms. The smallest absolute Gasteiger partial charge is 0.242 e. The van der Waals surface area contributed by atoms with Gasteiger partial charge in [-0.1, -0.05) is 25.0 Å². The van der Waals surface area contributed by atoms with Crippen molar-refractivity contribution in [1.82, 2.24) is 9.62 Å². The Balaban J connectivity index is 0.00000392. The first-order chi connectivity index (χ1) is 12.7. The number of Topliss-reactive ketones (excluding diaryl/α,β-unsaturated/α-hetero) is 1. The van der Waals surface area contributed by atoms with Crippen LogP contribution in [0.25, 0.3) is 0 Å². The lowest BCUT2D eigenvalue weighted by Gasteiger charge is -2.28. The molecule has 2 rings (SSSR count). The average Bonchev–Trinajstić information content (AvgIpc) is 3.10. The van der Waals surface area contributed by atoms with Crippen LogP contribution >= 0.6 is 12.4 Å². The standard InChI is InChI=1S/C19H29N3O4S.ClH/c1-15(23)16-7-9-17(10-8-16)27(25,26)22(2)13-5-6-18(24)21-19(14-20)11-3-4-12-19;/h7-10H,3-6,11-14,20H2,1-2H3,(H,21,24);1H. The molecule has 1 amide bonds. The topological polar surface area (TPSA) is 110 Å². The van der Waals surface area contributed by atoms with Gasteiger partial charge in [-0.2, -0.15) is 0 Å². The van der Waals surface area contributed by atoms with E-state index in [4.69, 9.17) is 5.73 Å². The molecule has 3 N–H and O–H groups in total. The van der Waals surface area contributed by atoms with Gasteiger partial charge in [0.2, 0.25) is 15.9 Å². The van der Waals surface area contributed by atoms with Crippen molar-refractivity contribution >= 4 is 34.1 Å². The molecule has 28 heavy (non-hydrogen) atoms. The highest BCUT2D eigenvalue weighted by Gasteiger charge is 2.33. The van der Waals surface area contributed by atoms with E-state index in [1.807, 2.05) is 0 Å². The number of nitrogens with two attached hydrogens (primary N) is 1. The summed E-state index contributed by atoms with van der Waals surface area (Å²) < 4.78 is 26.4. The summed E-state index contributed by atoms with van der Waals surface area (Å²) in [6, 6.07) is 5.87. The number of nitrogens with zero attached hydrogens (tertiary/aromatic N) is 1. The molecular weight excluding hydrogens is 402 g/mol. The summed E-state index contributed by atoms with van der Waals surface area (Å²) in [5, 5.41) is 3.04. The molecule has 0 radical (unpaired) electrons. The molecule has 158 valence electrons. The lowest BCUT2D eigenvalue weighted by atomic mass is 9.97. The molecule has 1 aromatic carbocycles. The van der Waals surface area contributed by atoms with Crippen molar-refractivity contribution in [3.63, 3.8) is 0 Å². The number of halogens is 1. The highest BCUT2D eigenvalue weighted by Crippen LogP contribution is 2.28. The number of hydrogen-bond donors (Lipinski definition) is 2. The van der Waals surface area contributed by atoms with Crippen molar-refractivity contribution in [2.75, 3.05) is 20.1 Å². The van der Waals surface area contributed by atoms with Crippen LogP contribution in [0.3, 0.4) is 0 Å². The predicted molar refractivity (Wildman–Crippen MR) is 111 cm³/mol. The molecule has 0 aliphatic heterocycles. The summed E-state index contributed by atoms with van der Waals surface area (Å²) in [5.41, 5.74) is 6.00. The van der Waals surface area contributed by atoms with E-state index >= 15 is 0 Å². The molecule has 1 aliphatic rings. The Bertz CT molecular complexity index is 775. The van der Waals surface area contributed by atoms with Crippen molar-refractivity contribution in [1.29, 1.82) is 0 Å². The second kappa shape index (κ2) is 10.3. The number of amides is 1. The van der Waals surface area contributed by atoms with Crippen molar-refractivity contribution in [2.45, 2.75) is 55.9 Å². The van der Waals surface area contributed by atoms with Gasteiger partial charge >= 0.3 is 0 Å². The zero-order chi connectivity index (χ0) is 20.1. The second-order valence-electron chi connectivity index (χ2n) is 7.25. The summed E-state index contributed by atoms with van der Waals surface area (Å²) in [6.45, 7) is 2.10. The van der Waals surface area contributed by atoms with E-state index in [0.29, 0.717) is 18.5 Å². The van der Waals surface area contributed by atoms with Crippen molar-refractivity contribution in [2.24, 2.45) is 5.73 Å². The van der Waals surface area contributed by atoms with E-state index in [0.717, 1.165) is 25.7 Å². The minimum atomic E-state index is -3.65. The summed E-state index contributed by atoms with van der Waals surface area (Å²) in [7, 11) is -2.16. The molecule has 0 saturated heterocycles. The van der Waals surface area contributed by atoms with Crippen LogP contribution in [0.1, 0.15) is 55.8 Å². The summed E-state index contributed by atoms with van der Waals surface area (Å²) in [4.78, 5) is 23.6. The van der Waals surface area contributed by atoms with Gasteiger partial charge in [0.1, 0.15) is 0 Å². The Hall–Kier alpha value is -1.48. The van der Waals surface area contributed by atoms with Gasteiger partial charge in [-0.15, -0.1) is 12.4 Å². The van der Waals surface area contributed by atoms with E-state index in [2.05, 4.69) is 5.32 Å². The highest BCUT2D eigenvalue weighted by atomic mass is 35.5. The Labute approximate surface area is 173 Å². The number of carbonyl (C=O) groups excluding carboxylic acids is 2. The van der Waals surface area contributed by atoms with Gasteiger partial charge in [-0.25, -0.2) is 12.7 Å². The van der Waals surface area contributed by atoms with Crippen LogP contribution < -0.4 is 11.1 Å². The second-order valence-corrected chi connectivity index (χ2v) is 9.30. The minimum absolute atomic E-state index is 0. The minimum Gasteiger partial charge on any atom is -0.349 e. The van der Waals surface area contributed by atoms with Gasteiger partial charge in [-0.05, 0) is 38.3 Å². The number of nitrogens with one attached hydrogen (secondary N) is 1. The maximum absolute atomic E-state index is 12.6. The lowest BCUT2D eigenvalue weighted by molar-refractivity contribution is -0.123. The number of benzene rings is 1. The molecule has 1 saturated carbocycles. The molecule has 0 unspecified atom stereocenters. The van der Waals surface area contributed by atoms with Crippen LogP contribution in [0.5, 0.6) is 0 Å². The fourth-order valence-corrected chi connectivity index (χ4v) is 4.62. The van der Waals surface area contributed by atoms with Gasteiger partial charge in [-0.3, -0.25) is 9.59 Å². The first kappa shape index (κ1) is 24.6. The molecule has 0 aromatic heterocycles. The Morgan fingerprint density at radius 1 is 1.18 bits per heavy atom. The van der Waals surface area contributed by atoms with Gasteiger partial charge < -0.3 is 11.1 Å². The largest absolute Gasteiger partial charge is 0.349 e. The molecule has 1 aromatic rings. The predicted octanol–water partition coefficient (Wildman–Crippen LogP) is 2.10. The molecule has 1 aliphatic carbocycles. The van der Waals surface area contributed by atoms with Crippen LogP contribution in [-0.2, 0) is 14.8 Å². The number of ketones is 1. The number of sulfonamides is 1. The maximum atomic E-state index is 12.6. The zero-order valence-corrected chi connectivity index (χ0v) is 18.1. The monoisotopic (exact) mass is 431 g/mol. The fourth-order valence-electron chi connectivity index (χ4n) is 3.41. The Morgan fingerprint density at radius 2 is 1.75 bits per heavy atom. The number of carbonyl (C=O) groups is 2. The number of rotatable bonds is 9. The van der Waals surface area contributed by atoms with E-state index < -0.39 is 10.0 Å². The van der Waals surface area contributed by atoms with Gasteiger partial charge in [0.05, 0.1) is 10.4 Å². The van der Waals surface area contributed by atoms with Crippen LogP contribution in [0.2, 0.25) is 0 Å².